The van der Waals surface area contributed by atoms with E-state index < -0.39 is 0 Å². The Labute approximate surface area is 136 Å². The third-order valence-electron chi connectivity index (χ3n) is 4.99. The van der Waals surface area contributed by atoms with Crippen LogP contribution in [0.1, 0.15) is 60.3 Å². The minimum atomic E-state index is 0.259. The van der Waals surface area contributed by atoms with Gasteiger partial charge in [-0.25, -0.2) is 15.0 Å². The van der Waals surface area contributed by atoms with E-state index in [0.29, 0.717) is 11.6 Å². The molecule has 1 unspecified atom stereocenters. The maximum Gasteiger partial charge on any atom is 0.119 e. The highest BCUT2D eigenvalue weighted by molar-refractivity contribution is 5.03. The molecule has 1 atom stereocenters. The van der Waals surface area contributed by atoms with Gasteiger partial charge in [-0.1, -0.05) is 13.3 Å². The number of unbranched alkanes of at least 4 members (excludes halogenated alkanes) is 1. The number of aromatic nitrogens is 3. The van der Waals surface area contributed by atoms with Gasteiger partial charge in [-0.15, -0.1) is 0 Å². The van der Waals surface area contributed by atoms with E-state index in [1.807, 2.05) is 0 Å². The van der Waals surface area contributed by atoms with Crippen LogP contribution >= 0.6 is 0 Å². The molecule has 0 spiro atoms. The molecule has 0 saturated carbocycles. The highest BCUT2D eigenvalue weighted by Crippen LogP contribution is 2.36. The molecule has 0 amide bonds. The molecule has 22 heavy (non-hydrogen) atoms. The molecule has 0 aliphatic carbocycles. The van der Waals surface area contributed by atoms with Crippen LogP contribution in [0.25, 0.3) is 0 Å². The number of rotatable bonds is 4. The Kier molecular flexibility index (Phi) is 7.36. The van der Waals surface area contributed by atoms with Crippen molar-refractivity contribution < 1.29 is 0 Å². The van der Waals surface area contributed by atoms with Crippen LogP contribution in [0.15, 0.2) is 19.0 Å². The fraction of sp³-hybridized carbons (Fsp3) is 0.824. The SMILES string of the molecule is CCCCNC1CCC(C)(C)N(C)C1(C)C.c1ncncn1. The number of likely N-dealkylation sites (tertiary alicyclic amines) is 1. The lowest BCUT2D eigenvalue weighted by atomic mass is 9.77. The van der Waals surface area contributed by atoms with E-state index in [1.165, 1.54) is 51.2 Å². The summed E-state index contributed by atoms with van der Waals surface area (Å²) in [5.74, 6) is 0. The highest BCUT2D eigenvalue weighted by Gasteiger charge is 2.44. The second kappa shape index (κ2) is 8.53. The molecule has 1 aromatic rings. The number of hydrogen-bond acceptors (Lipinski definition) is 5. The average Bonchev–Trinajstić information content (AvgIpc) is 2.50. The first-order valence-corrected chi connectivity index (χ1v) is 8.34. The van der Waals surface area contributed by atoms with Gasteiger partial charge in [-0.05, 0) is 60.5 Å². The zero-order valence-corrected chi connectivity index (χ0v) is 15.1. The van der Waals surface area contributed by atoms with Crippen molar-refractivity contribution in [1.82, 2.24) is 25.2 Å². The average molecular weight is 307 g/mol. The normalized spacial score (nSPS) is 23.5. The van der Waals surface area contributed by atoms with Gasteiger partial charge in [0.05, 0.1) is 0 Å². The third kappa shape index (κ3) is 5.29. The van der Waals surface area contributed by atoms with Gasteiger partial charge in [-0.2, -0.15) is 0 Å². The molecule has 1 saturated heterocycles. The molecule has 1 fully saturated rings. The lowest BCUT2D eigenvalue weighted by Crippen LogP contribution is -2.66. The molecule has 2 heterocycles. The van der Waals surface area contributed by atoms with Gasteiger partial charge in [0.25, 0.3) is 0 Å². The van der Waals surface area contributed by atoms with Crippen LogP contribution in [-0.2, 0) is 0 Å². The van der Waals surface area contributed by atoms with Crippen molar-refractivity contribution in [3.8, 4) is 0 Å². The summed E-state index contributed by atoms with van der Waals surface area (Å²) in [5, 5.41) is 3.74. The second-order valence-electron chi connectivity index (χ2n) is 7.22. The number of nitrogens with one attached hydrogen (secondary N) is 1. The number of nitrogens with zero attached hydrogens (tertiary/aromatic N) is 4. The molecule has 1 aliphatic heterocycles. The largest absolute Gasteiger partial charge is 0.312 e. The molecular weight excluding hydrogens is 274 g/mol. The van der Waals surface area contributed by atoms with Gasteiger partial charge in [-0.3, -0.25) is 4.90 Å². The molecule has 1 aliphatic rings. The predicted molar refractivity (Wildman–Crippen MR) is 91.7 cm³/mol. The minimum absolute atomic E-state index is 0.259. The van der Waals surface area contributed by atoms with Crippen molar-refractivity contribution >= 4 is 0 Å². The lowest BCUT2D eigenvalue weighted by molar-refractivity contribution is -0.0266. The van der Waals surface area contributed by atoms with Crippen LogP contribution in [0, 0.1) is 0 Å². The van der Waals surface area contributed by atoms with Gasteiger partial charge in [0, 0.05) is 17.1 Å². The van der Waals surface area contributed by atoms with Crippen LogP contribution in [0.2, 0.25) is 0 Å². The zero-order valence-electron chi connectivity index (χ0n) is 15.1. The summed E-state index contributed by atoms with van der Waals surface area (Å²) in [6.45, 7) is 12.9. The molecule has 5 nitrogen and oxygen atoms in total. The van der Waals surface area contributed by atoms with E-state index in [1.54, 1.807) is 0 Å². The van der Waals surface area contributed by atoms with Gasteiger partial charge in [0.1, 0.15) is 19.0 Å². The fourth-order valence-corrected chi connectivity index (χ4v) is 3.04. The Hall–Kier alpha value is -1.07. The monoisotopic (exact) mass is 307 g/mol. The van der Waals surface area contributed by atoms with Crippen LogP contribution < -0.4 is 5.32 Å². The van der Waals surface area contributed by atoms with Crippen molar-refractivity contribution in [2.45, 2.75) is 77.4 Å². The van der Waals surface area contributed by atoms with Crippen molar-refractivity contribution in [2.24, 2.45) is 0 Å². The Bertz CT molecular complexity index is 378. The Morgan fingerprint density at radius 2 is 1.64 bits per heavy atom. The molecule has 0 bridgehead atoms. The molecule has 0 aromatic carbocycles. The summed E-state index contributed by atoms with van der Waals surface area (Å²) in [5.41, 5.74) is 0.599. The molecule has 1 aromatic heterocycles. The van der Waals surface area contributed by atoms with E-state index in [9.17, 15) is 0 Å². The third-order valence-corrected chi connectivity index (χ3v) is 4.99. The summed E-state index contributed by atoms with van der Waals surface area (Å²) in [4.78, 5) is 13.2. The van der Waals surface area contributed by atoms with Crippen molar-refractivity contribution in [1.29, 1.82) is 0 Å². The Morgan fingerprint density at radius 3 is 2.09 bits per heavy atom. The van der Waals surface area contributed by atoms with Gasteiger partial charge in [0.15, 0.2) is 0 Å². The highest BCUT2D eigenvalue weighted by atomic mass is 15.3. The summed E-state index contributed by atoms with van der Waals surface area (Å²) < 4.78 is 0. The predicted octanol–water partition coefficient (Wildman–Crippen LogP) is 2.90. The number of hydrogen-bond donors (Lipinski definition) is 1. The summed E-state index contributed by atoms with van der Waals surface area (Å²) in [6, 6.07) is 0.636. The first-order valence-electron chi connectivity index (χ1n) is 8.34. The maximum absolute atomic E-state index is 3.74. The standard InChI is InChI=1S/C14H30N2.C3H3N3/c1-7-8-11-15-12-9-10-13(2,3)16(6)14(12,4)5;1-4-2-6-3-5-1/h12,15H,7-11H2,1-6H3;1-3H. The van der Waals surface area contributed by atoms with Crippen molar-refractivity contribution in [3.63, 3.8) is 0 Å². The van der Waals surface area contributed by atoms with Crippen LogP contribution in [0.3, 0.4) is 0 Å². The second-order valence-corrected chi connectivity index (χ2v) is 7.22. The smallest absolute Gasteiger partial charge is 0.119 e. The lowest BCUT2D eigenvalue weighted by Gasteiger charge is -2.55. The van der Waals surface area contributed by atoms with Crippen LogP contribution in [0.5, 0.6) is 0 Å². The Balaban J connectivity index is 0.000000335. The van der Waals surface area contributed by atoms with Crippen LogP contribution in [-0.4, -0.2) is 50.6 Å². The van der Waals surface area contributed by atoms with Gasteiger partial charge >= 0.3 is 0 Å². The van der Waals surface area contributed by atoms with E-state index in [-0.39, 0.29) is 5.54 Å². The van der Waals surface area contributed by atoms with Gasteiger partial charge in [0.2, 0.25) is 0 Å². The number of likely N-dealkylation sites (N-methyl/N-ethyl adjacent to an activating group) is 1. The van der Waals surface area contributed by atoms with E-state index in [0.717, 1.165) is 0 Å². The summed E-state index contributed by atoms with van der Waals surface area (Å²) in [6.07, 6.45) is 9.47. The molecular formula is C17H33N5. The Morgan fingerprint density at radius 1 is 1.09 bits per heavy atom. The minimum Gasteiger partial charge on any atom is -0.312 e. The van der Waals surface area contributed by atoms with Crippen molar-refractivity contribution in [3.05, 3.63) is 19.0 Å². The molecule has 2 rings (SSSR count). The molecule has 1 N–H and O–H groups in total. The zero-order chi connectivity index (χ0) is 16.6. The van der Waals surface area contributed by atoms with Gasteiger partial charge < -0.3 is 5.32 Å². The molecule has 126 valence electrons. The summed E-state index contributed by atoms with van der Waals surface area (Å²) in [7, 11) is 2.27. The molecule has 5 heteroatoms. The maximum atomic E-state index is 3.74. The molecule has 0 radical (unpaired) electrons. The topological polar surface area (TPSA) is 53.9 Å². The first kappa shape index (κ1) is 19.0. The van der Waals surface area contributed by atoms with E-state index in [2.05, 4.69) is 66.8 Å². The van der Waals surface area contributed by atoms with Crippen molar-refractivity contribution in [2.75, 3.05) is 13.6 Å². The summed E-state index contributed by atoms with van der Waals surface area (Å²) >= 11 is 0. The number of piperidine rings is 1. The van der Waals surface area contributed by atoms with Crippen LogP contribution in [0.4, 0.5) is 0 Å². The fourth-order valence-electron chi connectivity index (χ4n) is 3.04. The van der Waals surface area contributed by atoms with E-state index >= 15 is 0 Å². The quantitative estimate of drug-likeness (QED) is 0.867. The first-order chi connectivity index (χ1) is 10.3. The van der Waals surface area contributed by atoms with E-state index in [4.69, 9.17) is 0 Å².